The van der Waals surface area contributed by atoms with Gasteiger partial charge in [0.1, 0.15) is 5.75 Å². The third kappa shape index (κ3) is 2.71. The molecule has 1 heterocycles. The normalized spacial score (nSPS) is 10.3. The molecule has 0 fully saturated rings. The lowest BCUT2D eigenvalue weighted by Crippen LogP contribution is -1.95. The Labute approximate surface area is 104 Å². The zero-order valence-corrected chi connectivity index (χ0v) is 10.0. The maximum Gasteiger partial charge on any atom is 0.242 e. The molecule has 0 aliphatic heterocycles. The molecule has 0 spiro atoms. The summed E-state index contributed by atoms with van der Waals surface area (Å²) in [7, 11) is 0. The Kier molecular flexibility index (Phi) is 3.23. The fraction of sp³-hybridized carbons (Fsp3) is 0. The molecule has 1 aromatic carbocycles. The zero-order valence-electron chi connectivity index (χ0n) is 8.45. The van der Waals surface area contributed by atoms with Crippen LogP contribution >= 0.6 is 15.9 Å². The van der Waals surface area contributed by atoms with E-state index in [1.165, 1.54) is 12.3 Å². The molecule has 2 rings (SSSR count). The molecule has 0 saturated heterocycles. The van der Waals surface area contributed by atoms with Crippen molar-refractivity contribution in [3.05, 3.63) is 46.6 Å². The minimum absolute atomic E-state index is 0.130. The Morgan fingerprint density at radius 3 is 2.59 bits per heavy atom. The van der Waals surface area contributed by atoms with Gasteiger partial charge in [-0.15, -0.1) is 0 Å². The van der Waals surface area contributed by atoms with E-state index in [1.54, 1.807) is 6.07 Å². The summed E-state index contributed by atoms with van der Waals surface area (Å²) in [5.74, 6) is -1.66. The smallest absolute Gasteiger partial charge is 0.242 e. The Balaban J connectivity index is 2.28. The van der Waals surface area contributed by atoms with Crippen molar-refractivity contribution in [2.45, 2.75) is 0 Å². The van der Waals surface area contributed by atoms with Crippen LogP contribution in [0.15, 0.2) is 34.9 Å². The van der Waals surface area contributed by atoms with Crippen molar-refractivity contribution in [3.63, 3.8) is 0 Å². The molecule has 0 atom stereocenters. The van der Waals surface area contributed by atoms with Crippen LogP contribution in [0.1, 0.15) is 0 Å². The van der Waals surface area contributed by atoms with Crippen molar-refractivity contribution < 1.29 is 13.5 Å². The minimum atomic E-state index is -0.988. The monoisotopic (exact) mass is 300 g/mol. The summed E-state index contributed by atoms with van der Waals surface area (Å²) in [6.07, 6.45) is 1.49. The van der Waals surface area contributed by atoms with Crippen LogP contribution < -0.4 is 10.5 Å². The van der Waals surface area contributed by atoms with Crippen molar-refractivity contribution in [3.8, 4) is 11.6 Å². The Bertz CT molecular complexity index is 563. The summed E-state index contributed by atoms with van der Waals surface area (Å²) in [5, 5.41) is 0. The van der Waals surface area contributed by atoms with Crippen molar-refractivity contribution in [2.75, 3.05) is 5.73 Å². The number of hydrogen-bond donors (Lipinski definition) is 1. The van der Waals surface area contributed by atoms with Crippen LogP contribution in [0.2, 0.25) is 0 Å². The average molecular weight is 301 g/mol. The predicted octanol–water partition coefficient (Wildman–Crippen LogP) is 3.50. The Morgan fingerprint density at radius 1 is 1.18 bits per heavy atom. The van der Waals surface area contributed by atoms with Crippen molar-refractivity contribution in [2.24, 2.45) is 0 Å². The molecule has 88 valence electrons. The molecule has 0 aliphatic rings. The van der Waals surface area contributed by atoms with Gasteiger partial charge in [0.2, 0.25) is 5.88 Å². The first-order chi connectivity index (χ1) is 8.06. The summed E-state index contributed by atoms with van der Waals surface area (Å²) in [4.78, 5) is 3.91. The van der Waals surface area contributed by atoms with Gasteiger partial charge < -0.3 is 10.5 Å². The lowest BCUT2D eigenvalue weighted by molar-refractivity contribution is 0.449. The molecule has 3 nitrogen and oxygen atoms in total. The number of halogens is 3. The molecule has 0 unspecified atom stereocenters. The van der Waals surface area contributed by atoms with Gasteiger partial charge in [0.05, 0.1) is 5.69 Å². The molecule has 2 aromatic rings. The van der Waals surface area contributed by atoms with Gasteiger partial charge in [-0.3, -0.25) is 0 Å². The number of rotatable bonds is 2. The maximum absolute atomic E-state index is 12.9. The van der Waals surface area contributed by atoms with Crippen LogP contribution in [0.25, 0.3) is 0 Å². The van der Waals surface area contributed by atoms with Crippen LogP contribution in [-0.4, -0.2) is 4.98 Å². The van der Waals surface area contributed by atoms with Gasteiger partial charge in [0, 0.05) is 16.7 Å². The lowest BCUT2D eigenvalue weighted by atomic mass is 10.3. The van der Waals surface area contributed by atoms with E-state index in [9.17, 15) is 8.78 Å². The second-order valence-corrected chi connectivity index (χ2v) is 4.14. The van der Waals surface area contributed by atoms with Crippen molar-refractivity contribution >= 4 is 21.6 Å². The molecule has 17 heavy (non-hydrogen) atoms. The van der Waals surface area contributed by atoms with E-state index in [1.807, 2.05) is 0 Å². The first-order valence-electron chi connectivity index (χ1n) is 4.60. The number of nitrogens with two attached hydrogens (primary N) is 1. The quantitative estimate of drug-likeness (QED) is 0.923. The number of anilines is 1. The van der Waals surface area contributed by atoms with Gasteiger partial charge in [-0.25, -0.2) is 13.8 Å². The summed E-state index contributed by atoms with van der Waals surface area (Å²) in [6, 6.07) is 4.79. The number of hydrogen-bond acceptors (Lipinski definition) is 3. The van der Waals surface area contributed by atoms with E-state index >= 15 is 0 Å². The van der Waals surface area contributed by atoms with Gasteiger partial charge in [-0.1, -0.05) is 0 Å². The fourth-order valence-electron chi connectivity index (χ4n) is 1.18. The van der Waals surface area contributed by atoms with Crippen LogP contribution in [-0.2, 0) is 0 Å². The molecule has 0 amide bonds. The lowest BCUT2D eigenvalue weighted by Gasteiger charge is -2.07. The van der Waals surface area contributed by atoms with E-state index in [0.29, 0.717) is 10.2 Å². The fourth-order valence-corrected chi connectivity index (χ4v) is 1.53. The molecule has 1 aromatic heterocycles. The maximum atomic E-state index is 12.9. The molecule has 6 heteroatoms. The van der Waals surface area contributed by atoms with Crippen LogP contribution in [0.4, 0.5) is 14.5 Å². The van der Waals surface area contributed by atoms with E-state index in [-0.39, 0.29) is 11.6 Å². The van der Waals surface area contributed by atoms with Crippen LogP contribution in [0.5, 0.6) is 11.6 Å². The van der Waals surface area contributed by atoms with E-state index in [4.69, 9.17) is 10.5 Å². The molecule has 0 aliphatic carbocycles. The summed E-state index contributed by atoms with van der Waals surface area (Å²) in [5.41, 5.74) is 5.95. The molecule has 0 bridgehead atoms. The first-order valence-corrected chi connectivity index (χ1v) is 5.39. The Hall–Kier alpha value is -1.69. The number of nitrogen functional groups attached to an aromatic ring is 1. The van der Waals surface area contributed by atoms with Gasteiger partial charge in [0.25, 0.3) is 0 Å². The number of ether oxygens (including phenoxy) is 1. The average Bonchev–Trinajstić information content (AvgIpc) is 2.27. The number of benzene rings is 1. The van der Waals surface area contributed by atoms with Gasteiger partial charge in [-0.2, -0.15) is 0 Å². The van der Waals surface area contributed by atoms with Crippen molar-refractivity contribution in [1.82, 2.24) is 4.98 Å². The predicted molar refractivity (Wildman–Crippen MR) is 62.8 cm³/mol. The van der Waals surface area contributed by atoms with E-state index in [2.05, 4.69) is 20.9 Å². The van der Waals surface area contributed by atoms with Crippen LogP contribution in [0, 0.1) is 11.6 Å². The van der Waals surface area contributed by atoms with Crippen molar-refractivity contribution in [1.29, 1.82) is 0 Å². The molecule has 0 saturated carbocycles. The summed E-state index contributed by atoms with van der Waals surface area (Å²) < 4.78 is 31.6. The third-order valence-corrected chi connectivity index (χ3v) is 2.38. The third-order valence-electron chi connectivity index (χ3n) is 1.95. The SMILES string of the molecule is Nc1cc(Br)cnc1Oc1ccc(F)c(F)c1. The van der Waals surface area contributed by atoms with E-state index < -0.39 is 11.6 Å². The second-order valence-electron chi connectivity index (χ2n) is 3.23. The van der Waals surface area contributed by atoms with Crippen LogP contribution in [0.3, 0.4) is 0 Å². The number of pyridine rings is 1. The number of aromatic nitrogens is 1. The zero-order chi connectivity index (χ0) is 12.4. The number of nitrogens with zero attached hydrogens (tertiary/aromatic N) is 1. The highest BCUT2D eigenvalue weighted by Gasteiger charge is 2.07. The highest BCUT2D eigenvalue weighted by Crippen LogP contribution is 2.27. The first kappa shape index (κ1) is 11.8. The van der Waals surface area contributed by atoms with Gasteiger partial charge in [-0.05, 0) is 34.1 Å². The highest BCUT2D eigenvalue weighted by atomic mass is 79.9. The molecule has 0 radical (unpaired) electrons. The molecular weight excluding hydrogens is 294 g/mol. The minimum Gasteiger partial charge on any atom is -0.437 e. The standard InChI is InChI=1S/C11H7BrF2N2O/c12-6-3-10(15)11(16-5-6)17-7-1-2-8(13)9(14)4-7/h1-5H,15H2. The highest BCUT2D eigenvalue weighted by molar-refractivity contribution is 9.10. The second kappa shape index (κ2) is 4.67. The largest absolute Gasteiger partial charge is 0.437 e. The Morgan fingerprint density at radius 2 is 1.94 bits per heavy atom. The topological polar surface area (TPSA) is 48.1 Å². The summed E-state index contributed by atoms with van der Waals surface area (Å²) in [6.45, 7) is 0. The van der Waals surface area contributed by atoms with E-state index in [0.717, 1.165) is 12.1 Å². The molecule has 2 N–H and O–H groups in total. The summed E-state index contributed by atoms with van der Waals surface area (Å²) >= 11 is 3.20. The molecular formula is C11H7BrF2N2O. The van der Waals surface area contributed by atoms with Gasteiger partial charge >= 0.3 is 0 Å². The van der Waals surface area contributed by atoms with Gasteiger partial charge in [0.15, 0.2) is 11.6 Å².